The van der Waals surface area contributed by atoms with Crippen LogP contribution in [0.25, 0.3) is 193 Å². The van der Waals surface area contributed by atoms with E-state index in [9.17, 15) is 0 Å². The van der Waals surface area contributed by atoms with E-state index < -0.39 is 0 Å². The fourth-order valence-electron chi connectivity index (χ4n) is 17.5. The summed E-state index contributed by atoms with van der Waals surface area (Å²) in [5.41, 5.74) is 15.2. The maximum absolute atomic E-state index is 6.48. The first-order valence-electron chi connectivity index (χ1n) is 37.7. The lowest BCUT2D eigenvalue weighted by Gasteiger charge is -2.32. The molecule has 1 aliphatic heterocycles. The second kappa shape index (κ2) is 26.1. The molecule has 110 heavy (non-hydrogen) atoms. The Morgan fingerprint density at radius 3 is 0.909 bits per heavy atom. The van der Waals surface area contributed by atoms with Crippen LogP contribution < -0.4 is 5.46 Å². The predicted octanol–water partition coefficient (Wildman–Crippen LogP) is 29.0. The van der Waals surface area contributed by atoms with Crippen molar-refractivity contribution in [3.63, 3.8) is 0 Å². The van der Waals surface area contributed by atoms with Gasteiger partial charge in [0.25, 0.3) is 0 Å². The van der Waals surface area contributed by atoms with Crippen LogP contribution in [0.3, 0.4) is 0 Å². The van der Waals surface area contributed by atoms with Crippen LogP contribution in [0.5, 0.6) is 0 Å². The molecule has 23 rings (SSSR count). The maximum atomic E-state index is 6.48. The van der Waals surface area contributed by atoms with Crippen LogP contribution in [0.1, 0.15) is 27.7 Å². The summed E-state index contributed by atoms with van der Waals surface area (Å²) < 4.78 is 24.0. The highest BCUT2D eigenvalue weighted by Gasteiger charge is 2.52. The number of fused-ring (bicyclic) bond motifs is 24. The first-order valence-corrected chi connectivity index (χ1v) is 40.2. The van der Waals surface area contributed by atoms with Crippen LogP contribution >= 0.6 is 38.6 Å². The molecule has 1 saturated heterocycles. The minimum atomic E-state index is -0.384. The zero-order valence-electron chi connectivity index (χ0n) is 61.0. The van der Waals surface area contributed by atoms with Gasteiger partial charge < -0.3 is 18.4 Å². The fraction of sp³-hybridized carbons (Fsp3) is 0.0588. The number of halogens is 1. The average Bonchev–Trinajstić information content (AvgIpc) is 1.09. The Kier molecular flexibility index (Phi) is 15.7. The van der Waals surface area contributed by atoms with Crippen LogP contribution in [0.15, 0.2) is 356 Å². The molecule has 0 unspecified atom stereocenters. The van der Waals surface area contributed by atoms with Crippen molar-refractivity contribution >= 4 is 200 Å². The van der Waals surface area contributed by atoms with Crippen molar-refractivity contribution in [3.8, 4) is 44.8 Å². The van der Waals surface area contributed by atoms with Gasteiger partial charge in [-0.05, 0) is 198 Å². The molecule has 22 aromatic rings. The summed E-state index contributed by atoms with van der Waals surface area (Å²) in [6, 6.07) is 128. The zero-order chi connectivity index (χ0) is 73.5. The molecule has 8 heteroatoms. The van der Waals surface area contributed by atoms with E-state index in [0.717, 1.165) is 9.94 Å². The quantitative estimate of drug-likeness (QED) is 0.123. The van der Waals surface area contributed by atoms with Crippen molar-refractivity contribution in [3.05, 3.63) is 356 Å². The van der Waals surface area contributed by atoms with Gasteiger partial charge in [-0.3, -0.25) is 0 Å². The van der Waals surface area contributed by atoms with Crippen LogP contribution in [0.2, 0.25) is 0 Å². The maximum Gasteiger partial charge on any atom is 0.496 e. The van der Waals surface area contributed by atoms with Crippen molar-refractivity contribution in [1.82, 2.24) is 9.13 Å². The summed E-state index contributed by atoms with van der Waals surface area (Å²) in [7, 11) is -0.384. The summed E-state index contributed by atoms with van der Waals surface area (Å²) >= 11 is 7.33. The van der Waals surface area contributed by atoms with Gasteiger partial charge in [0.15, 0.2) is 0 Å². The van der Waals surface area contributed by atoms with E-state index in [1.54, 1.807) is 0 Å². The highest BCUT2D eigenvalue weighted by Crippen LogP contribution is 2.48. The van der Waals surface area contributed by atoms with Gasteiger partial charge >= 0.3 is 7.12 Å². The molecule has 0 bridgehead atoms. The van der Waals surface area contributed by atoms with Crippen molar-refractivity contribution in [2.45, 2.75) is 38.9 Å². The second-order valence-corrected chi connectivity index (χ2v) is 33.0. The Hall–Kier alpha value is -12.0. The zero-order valence-corrected chi connectivity index (χ0v) is 64.2. The number of nitrogens with zero attached hydrogens (tertiary/aromatic N) is 2. The topological polar surface area (TPSA) is 28.3 Å². The van der Waals surface area contributed by atoms with Crippen molar-refractivity contribution in [2.75, 3.05) is 0 Å². The average molecular weight is 1510 g/mol. The van der Waals surface area contributed by atoms with Crippen molar-refractivity contribution < 1.29 is 9.31 Å². The first kappa shape index (κ1) is 66.2. The standard InChI is InChI=1S/C48H29NS.C36H29BO2S.C18H12BrN/c1-2-16-37-35(14-1)36-15-3-4-17-38(36)44-29-31(26-27-39(37)44)34-21-11-23-43-42-22-10-20-33(47(42)50-48(34)43)30-12-9-13-32(28-30)49-45-24-7-5-18-40(45)41-19-6-8-25-46(41)49;1-35(2)36(3,4)39-37(38-35)32-18-10-17-30-29-16-9-15-23(33(29)40-34(30)32)22-19-20-28-26-13-6-5-11-24(26)25-12-7-8-14-27(25)31(28)21-22;19-13-6-5-7-14(12-13)20-17-10-3-1-8-15(17)16-9-2-4-11-18(16)20/h1-29H;5-21H,1-4H3;1-12H. The van der Waals surface area contributed by atoms with E-state index in [4.69, 9.17) is 9.31 Å². The van der Waals surface area contributed by atoms with E-state index in [2.05, 4.69) is 405 Å². The molecule has 0 atom stereocenters. The van der Waals surface area contributed by atoms with Crippen LogP contribution in [-0.4, -0.2) is 27.5 Å². The van der Waals surface area contributed by atoms with Gasteiger partial charge in [0.1, 0.15) is 0 Å². The van der Waals surface area contributed by atoms with E-state index in [1.165, 1.54) is 193 Å². The SMILES string of the molecule is Brc1cccc(-n2c3ccccc3c3ccccc32)c1.CC1(C)OB(c2cccc3c2sc2c(-c4ccc5c6ccccc6c6ccccc6c5c4)cccc23)OC1(C)C.c1cc(-c2cccc3c2sc2c(-c4ccc5c6ccccc6c6ccccc6c5c4)cccc23)cc(-n2c3ccccc3c3ccccc32)c1. The van der Waals surface area contributed by atoms with Gasteiger partial charge in [0.05, 0.1) is 33.3 Å². The van der Waals surface area contributed by atoms with Crippen molar-refractivity contribution in [1.29, 1.82) is 0 Å². The molecule has 522 valence electrons. The molecule has 0 N–H and O–H groups in total. The summed E-state index contributed by atoms with van der Waals surface area (Å²) in [6.45, 7) is 8.46. The van der Waals surface area contributed by atoms with E-state index in [1.807, 2.05) is 22.7 Å². The Morgan fingerprint density at radius 2 is 0.527 bits per heavy atom. The third-order valence-electron chi connectivity index (χ3n) is 23.3. The number of para-hydroxylation sites is 4. The Bertz CT molecular complexity index is 7350. The minimum absolute atomic E-state index is 0.375. The molecule has 0 spiro atoms. The molecule has 4 nitrogen and oxygen atoms in total. The molecule has 0 radical (unpaired) electrons. The fourth-order valence-corrected chi connectivity index (χ4v) is 20.6. The van der Waals surface area contributed by atoms with Gasteiger partial charge in [-0.2, -0.15) is 0 Å². The summed E-state index contributed by atoms with van der Waals surface area (Å²) in [5.74, 6) is 0. The molecule has 1 aliphatic rings. The third-order valence-corrected chi connectivity index (χ3v) is 26.4. The smallest absolute Gasteiger partial charge is 0.399 e. The highest BCUT2D eigenvalue weighted by molar-refractivity contribution is 9.10. The second-order valence-electron chi connectivity index (χ2n) is 30.0. The molecule has 5 heterocycles. The predicted molar refractivity (Wildman–Crippen MR) is 479 cm³/mol. The number of benzene rings is 18. The van der Waals surface area contributed by atoms with E-state index in [0.29, 0.717) is 0 Å². The van der Waals surface area contributed by atoms with Crippen molar-refractivity contribution in [2.24, 2.45) is 0 Å². The molecule has 0 amide bonds. The molecule has 4 aromatic heterocycles. The van der Waals surface area contributed by atoms with Gasteiger partial charge in [0.2, 0.25) is 0 Å². The molecule has 0 saturated carbocycles. The minimum Gasteiger partial charge on any atom is -0.399 e. The number of hydrogen-bond donors (Lipinski definition) is 0. The lowest BCUT2D eigenvalue weighted by Crippen LogP contribution is -2.41. The number of hydrogen-bond acceptors (Lipinski definition) is 4. The third kappa shape index (κ3) is 10.7. The molecule has 1 fully saturated rings. The normalized spacial score (nSPS) is 13.6. The largest absolute Gasteiger partial charge is 0.496 e. The highest BCUT2D eigenvalue weighted by atomic mass is 79.9. The van der Waals surface area contributed by atoms with E-state index in [-0.39, 0.29) is 18.3 Å². The molecular weight excluding hydrogens is 1440 g/mol. The van der Waals surface area contributed by atoms with Gasteiger partial charge in [-0.25, -0.2) is 0 Å². The number of aromatic nitrogens is 2. The Labute approximate surface area is 653 Å². The summed E-state index contributed by atoms with van der Waals surface area (Å²) in [5, 5.41) is 25.9. The Morgan fingerprint density at radius 1 is 0.245 bits per heavy atom. The number of rotatable bonds is 6. The van der Waals surface area contributed by atoms with Gasteiger partial charge in [-0.15, -0.1) is 22.7 Å². The first-order chi connectivity index (χ1) is 54.0. The van der Waals surface area contributed by atoms with Gasteiger partial charge in [0, 0.05) is 77.8 Å². The lowest BCUT2D eigenvalue weighted by atomic mass is 9.78. The monoisotopic (exact) mass is 1510 g/mol. The summed E-state index contributed by atoms with van der Waals surface area (Å²) in [6.07, 6.45) is 0. The van der Waals surface area contributed by atoms with Crippen LogP contribution in [-0.2, 0) is 9.31 Å². The molecule has 0 aliphatic carbocycles. The Balaban J connectivity index is 0.000000114. The van der Waals surface area contributed by atoms with E-state index >= 15 is 0 Å². The van der Waals surface area contributed by atoms with Crippen LogP contribution in [0, 0.1) is 0 Å². The van der Waals surface area contributed by atoms with Crippen LogP contribution in [0.4, 0.5) is 0 Å². The lowest BCUT2D eigenvalue weighted by molar-refractivity contribution is 0.00578. The summed E-state index contributed by atoms with van der Waals surface area (Å²) in [4.78, 5) is 0. The number of thiophene rings is 2. The molecule has 18 aromatic carbocycles. The molecular formula is C102H70BBrN2O2S2. The van der Waals surface area contributed by atoms with Gasteiger partial charge in [-0.1, -0.05) is 301 Å².